The number of nitrogens with zero attached hydrogens (tertiary/aromatic N) is 2. The highest BCUT2D eigenvalue weighted by Crippen LogP contribution is 2.28. The van der Waals surface area contributed by atoms with Crippen molar-refractivity contribution in [1.82, 2.24) is 0 Å². The molecule has 0 aliphatic rings. The molecule has 0 spiro atoms. The Hall–Kier alpha value is -2.38. The smallest absolute Gasteiger partial charge is 0.121 e. The standard InChI is InChI=1S/C16H16ClN3O/c1-20(10-12-7-13(19)4-6-15(12)17)16-8-14(21-2)5-3-11(16)9-18/h3-8H,10,19H2,1-2H3. The summed E-state index contributed by atoms with van der Waals surface area (Å²) in [6, 6.07) is 12.9. The summed E-state index contributed by atoms with van der Waals surface area (Å²) in [6.07, 6.45) is 0. The minimum Gasteiger partial charge on any atom is -0.497 e. The molecule has 5 heteroatoms. The third-order valence-corrected chi connectivity index (χ3v) is 3.58. The molecule has 0 saturated carbocycles. The maximum Gasteiger partial charge on any atom is 0.121 e. The van der Waals surface area contributed by atoms with Crippen molar-refractivity contribution in [3.63, 3.8) is 0 Å². The number of nitriles is 1. The van der Waals surface area contributed by atoms with E-state index in [0.29, 0.717) is 28.6 Å². The normalized spacial score (nSPS) is 10.0. The van der Waals surface area contributed by atoms with Gasteiger partial charge in [-0.05, 0) is 35.9 Å². The lowest BCUT2D eigenvalue weighted by atomic mass is 10.1. The molecule has 0 radical (unpaired) electrons. The van der Waals surface area contributed by atoms with E-state index < -0.39 is 0 Å². The Bertz CT molecular complexity index is 694. The van der Waals surface area contributed by atoms with Crippen LogP contribution in [0.5, 0.6) is 5.75 Å². The van der Waals surface area contributed by atoms with Crippen LogP contribution >= 0.6 is 11.6 Å². The highest BCUT2D eigenvalue weighted by atomic mass is 35.5. The summed E-state index contributed by atoms with van der Waals surface area (Å²) in [6.45, 7) is 0.547. The van der Waals surface area contributed by atoms with Gasteiger partial charge in [-0.25, -0.2) is 0 Å². The number of nitrogen functional groups attached to an aromatic ring is 1. The summed E-state index contributed by atoms with van der Waals surface area (Å²) >= 11 is 6.19. The van der Waals surface area contributed by atoms with Crippen molar-refractivity contribution in [1.29, 1.82) is 5.26 Å². The molecule has 0 aliphatic heterocycles. The minimum atomic E-state index is 0.547. The molecular weight excluding hydrogens is 286 g/mol. The molecule has 0 saturated heterocycles. The molecule has 0 fully saturated rings. The first kappa shape index (κ1) is 15.0. The molecule has 2 aromatic carbocycles. The maximum absolute atomic E-state index is 9.23. The molecule has 4 nitrogen and oxygen atoms in total. The fourth-order valence-corrected chi connectivity index (χ4v) is 2.28. The van der Waals surface area contributed by atoms with Crippen LogP contribution in [0.1, 0.15) is 11.1 Å². The second-order valence-electron chi connectivity index (χ2n) is 4.70. The van der Waals surface area contributed by atoms with Gasteiger partial charge in [-0.2, -0.15) is 5.26 Å². The first-order chi connectivity index (χ1) is 10.0. The predicted molar refractivity (Wildman–Crippen MR) is 85.7 cm³/mol. The van der Waals surface area contributed by atoms with E-state index in [-0.39, 0.29) is 0 Å². The highest BCUT2D eigenvalue weighted by Gasteiger charge is 2.11. The quantitative estimate of drug-likeness (QED) is 0.879. The fraction of sp³-hybridized carbons (Fsp3) is 0.188. The summed E-state index contributed by atoms with van der Waals surface area (Å²) in [5.41, 5.74) is 8.73. The van der Waals surface area contributed by atoms with E-state index in [4.69, 9.17) is 22.1 Å². The number of benzene rings is 2. The van der Waals surface area contributed by atoms with Crippen LogP contribution < -0.4 is 15.4 Å². The Labute approximate surface area is 129 Å². The van der Waals surface area contributed by atoms with Gasteiger partial charge in [0.15, 0.2) is 0 Å². The topological polar surface area (TPSA) is 62.3 Å². The van der Waals surface area contributed by atoms with Crippen LogP contribution in [0.2, 0.25) is 5.02 Å². The zero-order chi connectivity index (χ0) is 15.4. The molecule has 2 rings (SSSR count). The van der Waals surface area contributed by atoms with Crippen molar-refractivity contribution in [3.8, 4) is 11.8 Å². The molecular formula is C16H16ClN3O. The van der Waals surface area contributed by atoms with Crippen molar-refractivity contribution in [2.45, 2.75) is 6.54 Å². The van der Waals surface area contributed by atoms with Crippen molar-refractivity contribution in [2.24, 2.45) is 0 Å². The Morgan fingerprint density at radius 3 is 2.71 bits per heavy atom. The number of methoxy groups -OCH3 is 1. The van der Waals surface area contributed by atoms with Gasteiger partial charge in [0.25, 0.3) is 0 Å². The van der Waals surface area contributed by atoms with Crippen LogP contribution in [-0.2, 0) is 6.54 Å². The van der Waals surface area contributed by atoms with Gasteiger partial charge >= 0.3 is 0 Å². The molecule has 0 amide bonds. The fourth-order valence-electron chi connectivity index (χ4n) is 2.11. The van der Waals surface area contributed by atoms with Gasteiger partial charge in [0.05, 0.1) is 18.4 Å². The Morgan fingerprint density at radius 1 is 1.29 bits per heavy atom. The molecule has 21 heavy (non-hydrogen) atoms. The van der Waals surface area contributed by atoms with Crippen molar-refractivity contribution < 1.29 is 4.74 Å². The Morgan fingerprint density at radius 2 is 2.05 bits per heavy atom. The van der Waals surface area contributed by atoms with Crippen LogP contribution in [0, 0.1) is 11.3 Å². The molecule has 0 aromatic heterocycles. The molecule has 0 bridgehead atoms. The van der Waals surface area contributed by atoms with Gasteiger partial charge in [-0.15, -0.1) is 0 Å². The Balaban J connectivity index is 2.34. The van der Waals surface area contributed by atoms with Crippen molar-refractivity contribution in [2.75, 3.05) is 24.8 Å². The number of anilines is 2. The average molecular weight is 302 g/mol. The number of hydrogen-bond donors (Lipinski definition) is 1. The largest absolute Gasteiger partial charge is 0.497 e. The van der Waals surface area contributed by atoms with E-state index in [1.807, 2.05) is 24.1 Å². The van der Waals surface area contributed by atoms with Gasteiger partial charge in [0, 0.05) is 30.4 Å². The average Bonchev–Trinajstić information content (AvgIpc) is 2.50. The molecule has 2 N–H and O–H groups in total. The zero-order valence-electron chi connectivity index (χ0n) is 11.9. The number of nitrogens with two attached hydrogens (primary N) is 1. The lowest BCUT2D eigenvalue weighted by molar-refractivity contribution is 0.415. The number of halogens is 1. The van der Waals surface area contributed by atoms with Gasteiger partial charge in [-0.3, -0.25) is 0 Å². The summed E-state index contributed by atoms with van der Waals surface area (Å²) < 4.78 is 5.22. The van der Waals surface area contributed by atoms with Gasteiger partial charge in [-0.1, -0.05) is 11.6 Å². The first-order valence-electron chi connectivity index (χ1n) is 6.38. The van der Waals surface area contributed by atoms with E-state index >= 15 is 0 Å². The number of rotatable bonds is 4. The zero-order valence-corrected chi connectivity index (χ0v) is 12.7. The SMILES string of the molecule is COc1ccc(C#N)c(N(C)Cc2cc(N)ccc2Cl)c1. The number of hydrogen-bond acceptors (Lipinski definition) is 4. The minimum absolute atomic E-state index is 0.547. The van der Waals surface area contributed by atoms with Crippen LogP contribution in [0.15, 0.2) is 36.4 Å². The second kappa shape index (κ2) is 6.38. The lowest BCUT2D eigenvalue weighted by Gasteiger charge is -2.22. The van der Waals surface area contributed by atoms with Crippen LogP contribution in [0.25, 0.3) is 0 Å². The lowest BCUT2D eigenvalue weighted by Crippen LogP contribution is -2.18. The first-order valence-corrected chi connectivity index (χ1v) is 6.76. The van der Waals surface area contributed by atoms with E-state index in [2.05, 4.69) is 6.07 Å². The van der Waals surface area contributed by atoms with E-state index in [0.717, 1.165) is 11.3 Å². The van der Waals surface area contributed by atoms with Gasteiger partial charge in [0.1, 0.15) is 11.8 Å². The third kappa shape index (κ3) is 3.39. The van der Waals surface area contributed by atoms with Crippen molar-refractivity contribution >= 4 is 23.0 Å². The second-order valence-corrected chi connectivity index (χ2v) is 5.11. The highest BCUT2D eigenvalue weighted by molar-refractivity contribution is 6.31. The monoisotopic (exact) mass is 301 g/mol. The van der Waals surface area contributed by atoms with Crippen LogP contribution in [0.3, 0.4) is 0 Å². The predicted octanol–water partition coefficient (Wildman–Crippen LogP) is 3.44. The molecule has 0 aliphatic carbocycles. The Kier molecular flexibility index (Phi) is 4.56. The van der Waals surface area contributed by atoms with E-state index in [1.165, 1.54) is 0 Å². The summed E-state index contributed by atoms with van der Waals surface area (Å²) in [7, 11) is 3.50. The summed E-state index contributed by atoms with van der Waals surface area (Å²) in [5.74, 6) is 0.703. The maximum atomic E-state index is 9.23. The molecule has 0 heterocycles. The molecule has 108 valence electrons. The van der Waals surface area contributed by atoms with E-state index in [1.54, 1.807) is 31.4 Å². The molecule has 2 aromatic rings. The molecule has 0 unspecified atom stereocenters. The van der Waals surface area contributed by atoms with Crippen LogP contribution in [0.4, 0.5) is 11.4 Å². The summed E-state index contributed by atoms with van der Waals surface area (Å²) in [5, 5.41) is 9.88. The van der Waals surface area contributed by atoms with Crippen molar-refractivity contribution in [3.05, 3.63) is 52.5 Å². The van der Waals surface area contributed by atoms with Gasteiger partial charge in [0.2, 0.25) is 0 Å². The summed E-state index contributed by atoms with van der Waals surface area (Å²) in [4.78, 5) is 1.95. The number of ether oxygens (including phenoxy) is 1. The van der Waals surface area contributed by atoms with Crippen LogP contribution in [-0.4, -0.2) is 14.2 Å². The third-order valence-electron chi connectivity index (χ3n) is 3.21. The molecule has 0 atom stereocenters. The van der Waals surface area contributed by atoms with Gasteiger partial charge < -0.3 is 15.4 Å². The van der Waals surface area contributed by atoms with E-state index in [9.17, 15) is 5.26 Å².